The summed E-state index contributed by atoms with van der Waals surface area (Å²) in [5, 5.41) is 13.8. The third-order valence-electron chi connectivity index (χ3n) is 5.00. The van der Waals surface area contributed by atoms with E-state index in [9.17, 15) is 5.11 Å². The van der Waals surface area contributed by atoms with Gasteiger partial charge in [-0.3, -0.25) is 4.90 Å². The molecule has 4 heteroatoms. The Morgan fingerprint density at radius 1 is 1.17 bits per heavy atom. The molecule has 1 aromatic rings. The first-order chi connectivity index (χ1) is 11.1. The van der Waals surface area contributed by atoms with Crippen molar-refractivity contribution < 1.29 is 9.84 Å². The fourth-order valence-corrected chi connectivity index (χ4v) is 3.21. The highest BCUT2D eigenvalue weighted by Gasteiger charge is 2.28. The lowest BCUT2D eigenvalue weighted by molar-refractivity contribution is 0.00690. The van der Waals surface area contributed by atoms with Crippen LogP contribution in [0.1, 0.15) is 38.8 Å². The fourth-order valence-electron chi connectivity index (χ4n) is 3.21. The Morgan fingerprint density at radius 3 is 2.43 bits per heavy atom. The van der Waals surface area contributed by atoms with Gasteiger partial charge in [0, 0.05) is 25.7 Å². The van der Waals surface area contributed by atoms with Gasteiger partial charge in [0.05, 0.1) is 25.4 Å². The summed E-state index contributed by atoms with van der Waals surface area (Å²) in [6.45, 7) is 10.6. The van der Waals surface area contributed by atoms with Gasteiger partial charge in [-0.05, 0) is 18.4 Å². The van der Waals surface area contributed by atoms with Crippen LogP contribution in [-0.4, -0.2) is 55.0 Å². The molecule has 1 saturated heterocycles. The van der Waals surface area contributed by atoms with Crippen molar-refractivity contribution in [3.8, 4) is 0 Å². The lowest BCUT2D eigenvalue weighted by Gasteiger charge is -2.39. The van der Waals surface area contributed by atoms with Crippen LogP contribution < -0.4 is 5.32 Å². The summed E-state index contributed by atoms with van der Waals surface area (Å²) in [5.41, 5.74) is 1.33. The number of ether oxygens (including phenoxy) is 1. The lowest BCUT2D eigenvalue weighted by Crippen LogP contribution is -2.48. The van der Waals surface area contributed by atoms with Gasteiger partial charge < -0.3 is 15.2 Å². The Labute approximate surface area is 140 Å². The van der Waals surface area contributed by atoms with E-state index in [1.54, 1.807) is 0 Å². The summed E-state index contributed by atoms with van der Waals surface area (Å²) in [6, 6.07) is 11.2. The van der Waals surface area contributed by atoms with E-state index in [2.05, 4.69) is 61.3 Å². The van der Waals surface area contributed by atoms with E-state index >= 15 is 0 Å². The van der Waals surface area contributed by atoms with Crippen molar-refractivity contribution in [3.05, 3.63) is 35.9 Å². The van der Waals surface area contributed by atoms with Crippen LogP contribution in [-0.2, 0) is 4.74 Å². The summed E-state index contributed by atoms with van der Waals surface area (Å²) in [4.78, 5) is 2.49. The minimum absolute atomic E-state index is 0.272. The molecule has 1 aliphatic rings. The zero-order chi connectivity index (χ0) is 16.7. The molecular formula is C19H32N2O2. The molecule has 0 aromatic heterocycles. The molecule has 0 aliphatic carbocycles. The van der Waals surface area contributed by atoms with Gasteiger partial charge >= 0.3 is 0 Å². The number of nitrogens with one attached hydrogen (secondary N) is 1. The number of hydrogen-bond acceptors (Lipinski definition) is 4. The van der Waals surface area contributed by atoms with Gasteiger partial charge in [-0.1, -0.05) is 50.6 Å². The zero-order valence-corrected chi connectivity index (χ0v) is 14.7. The van der Waals surface area contributed by atoms with E-state index in [0.29, 0.717) is 18.5 Å². The van der Waals surface area contributed by atoms with E-state index in [1.807, 2.05) is 0 Å². The summed E-state index contributed by atoms with van der Waals surface area (Å²) in [6.07, 6.45) is 0.714. The minimum Gasteiger partial charge on any atom is -0.392 e. The Kier molecular flexibility index (Phi) is 7.50. The molecule has 4 nitrogen and oxygen atoms in total. The van der Waals surface area contributed by atoms with Gasteiger partial charge in [-0.2, -0.15) is 0 Å². The standard InChI is InChI=1S/C19H32N2O2/c1-4-15(2)18(22)14-20-16(3)19(17-8-6-5-7-9-17)21-10-12-23-13-11-21/h5-9,15-16,18-20,22H,4,10-14H2,1-3H3. The van der Waals surface area contributed by atoms with E-state index in [0.717, 1.165) is 32.7 Å². The molecule has 0 spiro atoms. The Hall–Kier alpha value is -0.940. The minimum atomic E-state index is -0.288. The maximum absolute atomic E-state index is 10.2. The molecular weight excluding hydrogens is 288 g/mol. The molecule has 1 heterocycles. The van der Waals surface area contributed by atoms with Gasteiger partial charge in [0.15, 0.2) is 0 Å². The van der Waals surface area contributed by atoms with Crippen LogP contribution in [0.15, 0.2) is 30.3 Å². The molecule has 1 fully saturated rings. The third-order valence-corrected chi connectivity index (χ3v) is 5.00. The predicted molar refractivity (Wildman–Crippen MR) is 94.5 cm³/mol. The predicted octanol–water partition coefficient (Wildman–Crippen LogP) is 2.45. The maximum atomic E-state index is 10.2. The van der Waals surface area contributed by atoms with E-state index in [1.165, 1.54) is 5.56 Å². The topological polar surface area (TPSA) is 44.7 Å². The monoisotopic (exact) mass is 320 g/mol. The van der Waals surface area contributed by atoms with Crippen molar-refractivity contribution in [2.24, 2.45) is 5.92 Å². The highest BCUT2D eigenvalue weighted by Crippen LogP contribution is 2.25. The molecule has 1 aliphatic heterocycles. The number of morpholine rings is 1. The average molecular weight is 320 g/mol. The van der Waals surface area contributed by atoms with E-state index < -0.39 is 0 Å². The summed E-state index contributed by atoms with van der Waals surface area (Å²) < 4.78 is 5.51. The molecule has 0 radical (unpaired) electrons. The molecule has 4 unspecified atom stereocenters. The number of hydrogen-bond donors (Lipinski definition) is 2. The van der Waals surface area contributed by atoms with Gasteiger partial charge in [0.1, 0.15) is 0 Å². The number of rotatable bonds is 8. The maximum Gasteiger partial charge on any atom is 0.0690 e. The third kappa shape index (κ3) is 5.28. The van der Waals surface area contributed by atoms with Crippen LogP contribution in [0.4, 0.5) is 0 Å². The van der Waals surface area contributed by atoms with Crippen LogP contribution >= 0.6 is 0 Å². The normalized spacial score (nSPS) is 21.6. The van der Waals surface area contributed by atoms with Crippen LogP contribution in [0.25, 0.3) is 0 Å². The average Bonchev–Trinajstić information content (AvgIpc) is 2.61. The number of aliphatic hydroxyl groups excluding tert-OH is 1. The zero-order valence-electron chi connectivity index (χ0n) is 14.7. The van der Waals surface area contributed by atoms with Crippen LogP contribution in [0.3, 0.4) is 0 Å². The second kappa shape index (κ2) is 9.38. The molecule has 0 saturated carbocycles. The van der Waals surface area contributed by atoms with Crippen molar-refractivity contribution in [2.75, 3.05) is 32.8 Å². The van der Waals surface area contributed by atoms with Crippen molar-refractivity contribution in [1.29, 1.82) is 0 Å². The summed E-state index contributed by atoms with van der Waals surface area (Å²) in [7, 11) is 0. The molecule has 130 valence electrons. The van der Waals surface area contributed by atoms with Gasteiger partial charge in [-0.25, -0.2) is 0 Å². The van der Waals surface area contributed by atoms with Crippen molar-refractivity contribution in [2.45, 2.75) is 45.4 Å². The second-order valence-corrected chi connectivity index (χ2v) is 6.65. The Balaban J connectivity index is 2.04. The molecule has 2 N–H and O–H groups in total. The summed E-state index contributed by atoms with van der Waals surface area (Å²) >= 11 is 0. The number of aliphatic hydroxyl groups is 1. The first kappa shape index (κ1) is 18.4. The fraction of sp³-hybridized carbons (Fsp3) is 0.684. The van der Waals surface area contributed by atoms with Crippen LogP contribution in [0.5, 0.6) is 0 Å². The molecule has 1 aromatic carbocycles. The Bertz CT molecular complexity index is 434. The largest absolute Gasteiger partial charge is 0.392 e. The van der Waals surface area contributed by atoms with Gasteiger partial charge in [0.25, 0.3) is 0 Å². The number of nitrogens with zero attached hydrogens (tertiary/aromatic N) is 1. The molecule has 23 heavy (non-hydrogen) atoms. The van der Waals surface area contributed by atoms with Crippen LogP contribution in [0, 0.1) is 5.92 Å². The van der Waals surface area contributed by atoms with Gasteiger partial charge in [0.2, 0.25) is 0 Å². The first-order valence-electron chi connectivity index (χ1n) is 8.91. The first-order valence-corrected chi connectivity index (χ1v) is 8.91. The van der Waals surface area contributed by atoms with Crippen molar-refractivity contribution in [1.82, 2.24) is 10.2 Å². The SMILES string of the molecule is CCC(C)C(O)CNC(C)C(c1ccccc1)N1CCOCC1. The molecule has 4 atom stereocenters. The number of benzene rings is 1. The highest BCUT2D eigenvalue weighted by molar-refractivity contribution is 5.21. The van der Waals surface area contributed by atoms with Crippen molar-refractivity contribution in [3.63, 3.8) is 0 Å². The van der Waals surface area contributed by atoms with Crippen LogP contribution in [0.2, 0.25) is 0 Å². The quantitative estimate of drug-likeness (QED) is 0.772. The Morgan fingerprint density at radius 2 is 1.83 bits per heavy atom. The smallest absolute Gasteiger partial charge is 0.0690 e. The van der Waals surface area contributed by atoms with Gasteiger partial charge in [-0.15, -0.1) is 0 Å². The second-order valence-electron chi connectivity index (χ2n) is 6.65. The highest BCUT2D eigenvalue weighted by atomic mass is 16.5. The lowest BCUT2D eigenvalue weighted by atomic mass is 9.97. The molecule has 2 rings (SSSR count). The van der Waals surface area contributed by atoms with Crippen molar-refractivity contribution >= 4 is 0 Å². The van der Waals surface area contributed by atoms with E-state index in [4.69, 9.17) is 4.74 Å². The molecule has 0 bridgehead atoms. The summed E-state index contributed by atoms with van der Waals surface area (Å²) in [5.74, 6) is 0.327. The van der Waals surface area contributed by atoms with E-state index in [-0.39, 0.29) is 12.1 Å². The molecule has 0 amide bonds.